The highest BCUT2D eigenvalue weighted by Gasteiger charge is 2.45. The lowest BCUT2D eigenvalue weighted by atomic mass is 9.87. The van der Waals surface area contributed by atoms with E-state index < -0.39 is 0 Å². The molecule has 3 aliphatic rings. The second-order valence-corrected chi connectivity index (χ2v) is 8.37. The molecule has 1 atom stereocenters. The topological polar surface area (TPSA) is 36.9 Å². The maximum Gasteiger partial charge on any atom is 0.193 e. The van der Waals surface area contributed by atoms with Gasteiger partial charge in [0.2, 0.25) is 0 Å². The number of nitrogens with one attached hydrogen (secondary N) is 1. The summed E-state index contributed by atoms with van der Waals surface area (Å²) < 4.78 is 5.66. The van der Waals surface area contributed by atoms with Gasteiger partial charge in [-0.3, -0.25) is 4.99 Å². The summed E-state index contributed by atoms with van der Waals surface area (Å²) in [5.74, 6) is 1.07. The molecule has 1 aliphatic carbocycles. The monoisotopic (exact) mass is 361 g/mol. The van der Waals surface area contributed by atoms with Crippen LogP contribution in [0.5, 0.6) is 0 Å². The smallest absolute Gasteiger partial charge is 0.193 e. The van der Waals surface area contributed by atoms with E-state index in [1.165, 1.54) is 31.2 Å². The van der Waals surface area contributed by atoms with E-state index in [9.17, 15) is 0 Å². The summed E-state index contributed by atoms with van der Waals surface area (Å²) in [5, 5.41) is 4.32. The van der Waals surface area contributed by atoms with Crippen molar-refractivity contribution in [2.24, 2.45) is 10.4 Å². The molecule has 0 amide bonds. The van der Waals surface area contributed by atoms with E-state index in [4.69, 9.17) is 21.3 Å². The fourth-order valence-corrected chi connectivity index (χ4v) is 4.44. The van der Waals surface area contributed by atoms with Gasteiger partial charge in [-0.1, -0.05) is 23.7 Å². The van der Waals surface area contributed by atoms with Crippen LogP contribution in [0.2, 0.25) is 5.02 Å². The molecule has 2 aliphatic heterocycles. The van der Waals surface area contributed by atoms with Crippen LogP contribution in [-0.2, 0) is 10.2 Å². The number of likely N-dealkylation sites (tertiary alicyclic amines) is 1. The van der Waals surface area contributed by atoms with Gasteiger partial charge in [0.15, 0.2) is 5.96 Å². The summed E-state index contributed by atoms with van der Waals surface area (Å²) in [6, 6.07) is 8.30. The summed E-state index contributed by atoms with van der Waals surface area (Å²) in [7, 11) is 0. The van der Waals surface area contributed by atoms with Crippen molar-refractivity contribution in [1.82, 2.24) is 10.2 Å². The Hall–Kier alpha value is -1.26. The molecule has 2 saturated heterocycles. The van der Waals surface area contributed by atoms with Crippen molar-refractivity contribution < 1.29 is 4.74 Å². The maximum atomic E-state index is 6.20. The molecular weight excluding hydrogens is 334 g/mol. The number of nitrogens with zero attached hydrogens (tertiary/aromatic N) is 2. The average Bonchev–Trinajstić information content (AvgIpc) is 3.08. The number of benzene rings is 1. The van der Waals surface area contributed by atoms with Crippen molar-refractivity contribution in [2.45, 2.75) is 38.0 Å². The average molecular weight is 362 g/mol. The third-order valence-corrected chi connectivity index (χ3v) is 6.31. The normalized spacial score (nSPS) is 27.9. The van der Waals surface area contributed by atoms with Crippen LogP contribution in [0, 0.1) is 5.41 Å². The molecule has 4 rings (SSSR count). The van der Waals surface area contributed by atoms with Gasteiger partial charge in [0, 0.05) is 42.1 Å². The summed E-state index contributed by atoms with van der Waals surface area (Å²) in [4.78, 5) is 7.47. The summed E-state index contributed by atoms with van der Waals surface area (Å²) >= 11 is 6.20. The van der Waals surface area contributed by atoms with E-state index in [1.54, 1.807) is 0 Å². The summed E-state index contributed by atoms with van der Waals surface area (Å²) in [6.45, 7) is 7.87. The van der Waals surface area contributed by atoms with Gasteiger partial charge in [0.05, 0.1) is 13.2 Å². The molecule has 136 valence electrons. The van der Waals surface area contributed by atoms with E-state index in [0.717, 1.165) is 50.4 Å². The Morgan fingerprint density at radius 3 is 2.88 bits per heavy atom. The van der Waals surface area contributed by atoms with E-state index in [1.807, 2.05) is 6.07 Å². The van der Waals surface area contributed by atoms with Gasteiger partial charge < -0.3 is 15.0 Å². The van der Waals surface area contributed by atoms with Crippen LogP contribution in [0.3, 0.4) is 0 Å². The molecule has 1 spiro atoms. The van der Waals surface area contributed by atoms with Gasteiger partial charge in [-0.25, -0.2) is 0 Å². The number of hydrogen-bond acceptors (Lipinski definition) is 2. The van der Waals surface area contributed by atoms with Crippen LogP contribution >= 0.6 is 11.6 Å². The van der Waals surface area contributed by atoms with Crippen LogP contribution < -0.4 is 5.32 Å². The molecule has 1 unspecified atom stereocenters. The molecule has 2 heterocycles. The molecule has 5 heteroatoms. The maximum absolute atomic E-state index is 6.20. The lowest BCUT2D eigenvalue weighted by Crippen LogP contribution is -2.42. The molecule has 25 heavy (non-hydrogen) atoms. The minimum atomic E-state index is 0.194. The first-order chi connectivity index (χ1) is 12.1. The van der Waals surface area contributed by atoms with Crippen LogP contribution in [-0.4, -0.2) is 50.3 Å². The number of ether oxygens (including phenoxy) is 1. The lowest BCUT2D eigenvalue weighted by molar-refractivity contribution is 0.156. The second kappa shape index (κ2) is 6.81. The molecule has 1 aromatic rings. The van der Waals surface area contributed by atoms with Crippen molar-refractivity contribution in [2.75, 3.05) is 39.4 Å². The summed E-state index contributed by atoms with van der Waals surface area (Å²) in [6.07, 6.45) is 4.81. The van der Waals surface area contributed by atoms with Crippen LogP contribution in [0.1, 0.15) is 38.2 Å². The zero-order valence-corrected chi connectivity index (χ0v) is 15.8. The Bertz CT molecular complexity index is 650. The van der Waals surface area contributed by atoms with Crippen molar-refractivity contribution in [3.05, 3.63) is 34.9 Å². The predicted molar refractivity (Wildman–Crippen MR) is 102 cm³/mol. The standard InChI is InChI=1S/C20H28ClN3O/c1-2-22-18(24-10-8-19(14-24)9-11-25-15-19)23-13-20(6-7-20)16-4-3-5-17(21)12-16/h3-5,12H,2,6-11,13-15H2,1H3,(H,22,23). The molecule has 0 aromatic heterocycles. The lowest BCUT2D eigenvalue weighted by Gasteiger charge is -2.25. The summed E-state index contributed by atoms with van der Waals surface area (Å²) in [5.41, 5.74) is 1.89. The minimum absolute atomic E-state index is 0.194. The van der Waals surface area contributed by atoms with Gasteiger partial charge in [0.25, 0.3) is 0 Å². The number of aliphatic imine (C=N–C) groups is 1. The van der Waals surface area contributed by atoms with Crippen molar-refractivity contribution in [1.29, 1.82) is 0 Å². The Kier molecular flexibility index (Phi) is 4.67. The van der Waals surface area contributed by atoms with Crippen LogP contribution in [0.4, 0.5) is 0 Å². The Labute approximate surface area is 155 Å². The SMILES string of the molecule is CCNC(=NCC1(c2cccc(Cl)c2)CC1)N1CCC2(CCOC2)C1. The van der Waals surface area contributed by atoms with Crippen LogP contribution in [0.15, 0.2) is 29.3 Å². The molecule has 4 nitrogen and oxygen atoms in total. The van der Waals surface area contributed by atoms with Gasteiger partial charge >= 0.3 is 0 Å². The van der Waals surface area contributed by atoms with E-state index in [2.05, 4.69) is 35.3 Å². The molecule has 3 fully saturated rings. The molecule has 1 saturated carbocycles. The Balaban J connectivity index is 1.48. The van der Waals surface area contributed by atoms with Crippen molar-refractivity contribution in [3.8, 4) is 0 Å². The largest absolute Gasteiger partial charge is 0.381 e. The molecular formula is C20H28ClN3O. The second-order valence-electron chi connectivity index (χ2n) is 7.93. The number of rotatable bonds is 4. The minimum Gasteiger partial charge on any atom is -0.381 e. The predicted octanol–water partition coefficient (Wildman–Crippen LogP) is 3.45. The highest BCUT2D eigenvalue weighted by Crippen LogP contribution is 2.49. The Morgan fingerprint density at radius 1 is 1.32 bits per heavy atom. The third-order valence-electron chi connectivity index (χ3n) is 6.08. The van der Waals surface area contributed by atoms with Gasteiger partial charge in [-0.05, 0) is 50.3 Å². The third kappa shape index (κ3) is 3.52. The first-order valence-corrected chi connectivity index (χ1v) is 9.90. The number of halogens is 1. The van der Waals surface area contributed by atoms with E-state index in [0.29, 0.717) is 5.41 Å². The van der Waals surface area contributed by atoms with Gasteiger partial charge in [0.1, 0.15) is 0 Å². The fourth-order valence-electron chi connectivity index (χ4n) is 4.25. The number of hydrogen-bond donors (Lipinski definition) is 1. The quantitative estimate of drug-likeness (QED) is 0.659. The van der Waals surface area contributed by atoms with Gasteiger partial charge in [-0.2, -0.15) is 0 Å². The fraction of sp³-hybridized carbons (Fsp3) is 0.650. The Morgan fingerprint density at radius 2 is 2.20 bits per heavy atom. The van der Waals surface area contributed by atoms with Crippen molar-refractivity contribution in [3.63, 3.8) is 0 Å². The van der Waals surface area contributed by atoms with E-state index >= 15 is 0 Å². The van der Waals surface area contributed by atoms with Gasteiger partial charge in [-0.15, -0.1) is 0 Å². The first kappa shape index (κ1) is 17.2. The zero-order chi connectivity index (χ0) is 17.3. The highest BCUT2D eigenvalue weighted by atomic mass is 35.5. The zero-order valence-electron chi connectivity index (χ0n) is 15.1. The first-order valence-electron chi connectivity index (χ1n) is 9.52. The molecule has 0 radical (unpaired) electrons. The molecule has 1 N–H and O–H groups in total. The van der Waals surface area contributed by atoms with E-state index in [-0.39, 0.29) is 5.41 Å². The molecule has 1 aromatic carbocycles. The van der Waals surface area contributed by atoms with Crippen molar-refractivity contribution >= 4 is 17.6 Å². The highest BCUT2D eigenvalue weighted by molar-refractivity contribution is 6.30. The van der Waals surface area contributed by atoms with Crippen LogP contribution in [0.25, 0.3) is 0 Å². The number of guanidine groups is 1. The molecule has 0 bridgehead atoms.